The van der Waals surface area contributed by atoms with Crippen molar-refractivity contribution in [1.82, 2.24) is 0 Å². The first-order valence-corrected chi connectivity index (χ1v) is 7.67. The Kier molecular flexibility index (Phi) is 8.27. The molecular formula is C15H26N4O5. The van der Waals surface area contributed by atoms with Crippen LogP contribution in [0.5, 0.6) is 0 Å². The molecule has 0 fully saturated rings. The van der Waals surface area contributed by atoms with Crippen molar-refractivity contribution < 1.29 is 25.2 Å². The molecule has 0 heterocycles. The van der Waals surface area contributed by atoms with Gasteiger partial charge in [0.2, 0.25) is 0 Å². The number of nitrogens with one attached hydrogen (secondary N) is 1. The maximum atomic E-state index is 11.7. The molecule has 24 heavy (non-hydrogen) atoms. The van der Waals surface area contributed by atoms with Crippen LogP contribution in [0.25, 0.3) is 0 Å². The van der Waals surface area contributed by atoms with Crippen LogP contribution in [0.3, 0.4) is 0 Å². The van der Waals surface area contributed by atoms with Gasteiger partial charge in [0.25, 0.3) is 0 Å². The molecule has 0 aliphatic rings. The zero-order chi connectivity index (χ0) is 18.1. The van der Waals surface area contributed by atoms with E-state index in [4.69, 9.17) is 21.7 Å². The van der Waals surface area contributed by atoms with E-state index in [0.717, 1.165) is 0 Å². The molecule has 0 aromatic heterocycles. The van der Waals surface area contributed by atoms with E-state index in [1.54, 1.807) is 18.2 Å². The lowest BCUT2D eigenvalue weighted by Gasteiger charge is -2.24. The Hall–Kier alpha value is -2.07. The third-order valence-electron chi connectivity index (χ3n) is 3.50. The number of hydrogen-bond donors (Lipinski definition) is 7. The lowest BCUT2D eigenvalue weighted by Crippen LogP contribution is -2.38. The number of rotatable bonds is 10. The summed E-state index contributed by atoms with van der Waals surface area (Å²) in [6, 6.07) is 4.24. The van der Waals surface area contributed by atoms with E-state index in [0.29, 0.717) is 30.0 Å². The number of amides is 2. The minimum absolute atomic E-state index is 0.105. The van der Waals surface area contributed by atoms with Crippen molar-refractivity contribution in [3.63, 3.8) is 0 Å². The minimum Gasteiger partial charge on any atom is -0.397 e. The summed E-state index contributed by atoms with van der Waals surface area (Å²) in [7, 11) is 0. The van der Waals surface area contributed by atoms with E-state index in [1.165, 1.54) is 4.90 Å². The summed E-state index contributed by atoms with van der Waals surface area (Å²) in [5, 5.41) is 39.4. The summed E-state index contributed by atoms with van der Waals surface area (Å²) in [4.78, 5) is 12.9. The summed E-state index contributed by atoms with van der Waals surface area (Å²) >= 11 is 0. The van der Waals surface area contributed by atoms with Gasteiger partial charge in [0, 0.05) is 18.8 Å². The molecule has 1 aromatic carbocycles. The summed E-state index contributed by atoms with van der Waals surface area (Å²) in [5.74, 6) is 0. The Morgan fingerprint density at radius 2 is 1.79 bits per heavy atom. The number of benzene rings is 1. The first-order valence-electron chi connectivity index (χ1n) is 7.67. The molecule has 9 nitrogen and oxygen atoms in total. The maximum Gasteiger partial charge on any atom is 0.319 e. The molecule has 9 N–H and O–H groups in total. The Bertz CT molecular complexity index is 529. The molecule has 0 spiro atoms. The highest BCUT2D eigenvalue weighted by Gasteiger charge is 2.17. The van der Waals surface area contributed by atoms with Crippen LogP contribution in [0.4, 0.5) is 21.9 Å². The fourth-order valence-corrected chi connectivity index (χ4v) is 2.08. The highest BCUT2D eigenvalue weighted by atomic mass is 16.3. The SMILES string of the molecule is NC(=O)N(CCC(O)CO)c1cc(NCCC(O)CO)ccc1N. The standard InChI is InChI=1S/C15H26N4O5/c16-13-2-1-10(18-5-3-11(22)8-20)7-14(13)19(15(17)24)6-4-12(23)9-21/h1-2,7,11-12,18,20-23H,3-6,8-9,16H2,(H2,17,24). The van der Waals surface area contributed by atoms with Crippen LogP contribution < -0.4 is 21.7 Å². The Balaban J connectivity index is 2.82. The fourth-order valence-electron chi connectivity index (χ4n) is 2.08. The van der Waals surface area contributed by atoms with Gasteiger partial charge in [-0.3, -0.25) is 4.90 Å². The van der Waals surface area contributed by atoms with E-state index in [2.05, 4.69) is 5.32 Å². The normalized spacial score (nSPS) is 13.3. The first-order chi connectivity index (χ1) is 11.4. The molecule has 0 saturated carbocycles. The molecule has 2 unspecified atom stereocenters. The van der Waals surface area contributed by atoms with Gasteiger partial charge in [-0.25, -0.2) is 4.79 Å². The number of carbonyl (C=O) groups is 1. The van der Waals surface area contributed by atoms with Gasteiger partial charge in [-0.1, -0.05) is 0 Å². The molecule has 0 bridgehead atoms. The topological polar surface area (TPSA) is 165 Å². The van der Waals surface area contributed by atoms with Crippen molar-refractivity contribution in [3.8, 4) is 0 Å². The predicted molar refractivity (Wildman–Crippen MR) is 91.7 cm³/mol. The Labute approximate surface area is 140 Å². The summed E-state index contributed by atoms with van der Waals surface area (Å²) < 4.78 is 0. The van der Waals surface area contributed by atoms with Crippen molar-refractivity contribution in [2.45, 2.75) is 25.0 Å². The van der Waals surface area contributed by atoms with Crippen molar-refractivity contribution >= 4 is 23.1 Å². The molecular weight excluding hydrogens is 316 g/mol. The zero-order valence-electron chi connectivity index (χ0n) is 13.4. The number of urea groups is 1. The van der Waals surface area contributed by atoms with E-state index in [1.807, 2.05) is 0 Å². The summed E-state index contributed by atoms with van der Waals surface area (Å²) in [6.07, 6.45) is -1.24. The third kappa shape index (κ3) is 6.20. The fraction of sp³-hybridized carbons (Fsp3) is 0.533. The van der Waals surface area contributed by atoms with Crippen molar-refractivity contribution in [2.75, 3.05) is 42.3 Å². The Morgan fingerprint density at radius 3 is 2.38 bits per heavy atom. The van der Waals surface area contributed by atoms with Gasteiger partial charge in [0.05, 0.1) is 36.8 Å². The minimum atomic E-state index is -0.950. The monoisotopic (exact) mass is 342 g/mol. The van der Waals surface area contributed by atoms with Crippen LogP contribution in [-0.4, -0.2) is 65.0 Å². The van der Waals surface area contributed by atoms with Crippen LogP contribution in [-0.2, 0) is 0 Å². The molecule has 2 atom stereocenters. The van der Waals surface area contributed by atoms with Crippen LogP contribution in [0.15, 0.2) is 18.2 Å². The van der Waals surface area contributed by atoms with E-state index in [-0.39, 0.29) is 19.6 Å². The summed E-state index contributed by atoms with van der Waals surface area (Å²) in [5.41, 5.74) is 12.7. The average molecular weight is 342 g/mol. The lowest BCUT2D eigenvalue weighted by atomic mass is 10.2. The van der Waals surface area contributed by atoms with Gasteiger partial charge in [-0.05, 0) is 31.0 Å². The van der Waals surface area contributed by atoms with E-state index < -0.39 is 24.8 Å². The first kappa shape index (κ1) is 20.0. The quantitative estimate of drug-likeness (QED) is 0.269. The van der Waals surface area contributed by atoms with Crippen molar-refractivity contribution in [2.24, 2.45) is 5.73 Å². The highest BCUT2D eigenvalue weighted by molar-refractivity contribution is 5.95. The number of nitrogens with zero attached hydrogens (tertiary/aromatic N) is 1. The molecule has 136 valence electrons. The average Bonchev–Trinajstić information content (AvgIpc) is 2.56. The van der Waals surface area contributed by atoms with Crippen LogP contribution in [0.2, 0.25) is 0 Å². The second-order valence-corrected chi connectivity index (χ2v) is 5.44. The number of aliphatic hydroxyl groups excluding tert-OH is 4. The molecule has 0 saturated heterocycles. The van der Waals surface area contributed by atoms with Crippen LogP contribution in [0, 0.1) is 0 Å². The number of primary amides is 1. The van der Waals surface area contributed by atoms with Crippen LogP contribution >= 0.6 is 0 Å². The van der Waals surface area contributed by atoms with Gasteiger partial charge in [-0.15, -0.1) is 0 Å². The molecule has 0 aliphatic carbocycles. The molecule has 0 aliphatic heterocycles. The Morgan fingerprint density at radius 1 is 1.17 bits per heavy atom. The number of carbonyl (C=O) groups excluding carboxylic acids is 1. The van der Waals surface area contributed by atoms with Crippen LogP contribution in [0.1, 0.15) is 12.8 Å². The number of aliphatic hydroxyl groups is 4. The van der Waals surface area contributed by atoms with Crippen molar-refractivity contribution in [3.05, 3.63) is 18.2 Å². The smallest absolute Gasteiger partial charge is 0.319 e. The molecule has 1 aromatic rings. The maximum absolute atomic E-state index is 11.7. The highest BCUT2D eigenvalue weighted by Crippen LogP contribution is 2.27. The lowest BCUT2D eigenvalue weighted by molar-refractivity contribution is 0.0901. The van der Waals surface area contributed by atoms with Gasteiger partial charge in [0.15, 0.2) is 0 Å². The number of hydrogen-bond acceptors (Lipinski definition) is 7. The van der Waals surface area contributed by atoms with Gasteiger partial charge >= 0.3 is 6.03 Å². The third-order valence-corrected chi connectivity index (χ3v) is 3.50. The summed E-state index contributed by atoms with van der Waals surface area (Å²) in [6.45, 7) is -0.188. The number of nitrogen functional groups attached to an aromatic ring is 1. The molecule has 2 amide bonds. The van der Waals surface area contributed by atoms with E-state index in [9.17, 15) is 15.0 Å². The van der Waals surface area contributed by atoms with Gasteiger partial charge in [0.1, 0.15) is 0 Å². The molecule has 9 heteroatoms. The molecule has 1 rings (SSSR count). The number of anilines is 3. The van der Waals surface area contributed by atoms with Gasteiger partial charge in [-0.2, -0.15) is 0 Å². The van der Waals surface area contributed by atoms with E-state index >= 15 is 0 Å². The zero-order valence-corrected chi connectivity index (χ0v) is 13.4. The second kappa shape index (κ2) is 9.93. The predicted octanol–water partition coefficient (Wildman–Crippen LogP) is -0.948. The second-order valence-electron chi connectivity index (χ2n) is 5.44. The van der Waals surface area contributed by atoms with Crippen molar-refractivity contribution in [1.29, 1.82) is 0 Å². The van der Waals surface area contributed by atoms with Gasteiger partial charge < -0.3 is 37.2 Å². The largest absolute Gasteiger partial charge is 0.397 e. The molecule has 0 radical (unpaired) electrons. The number of nitrogens with two attached hydrogens (primary N) is 2.